The van der Waals surface area contributed by atoms with Crippen LogP contribution in [0.2, 0.25) is 0 Å². The van der Waals surface area contributed by atoms with Crippen LogP contribution in [0, 0.1) is 0 Å². The third kappa shape index (κ3) is 3.58. The zero-order chi connectivity index (χ0) is 18.9. The molecule has 2 fully saturated rings. The van der Waals surface area contributed by atoms with E-state index in [4.69, 9.17) is 4.74 Å². The lowest BCUT2D eigenvalue weighted by Crippen LogP contribution is -2.48. The molecule has 0 aliphatic carbocycles. The summed E-state index contributed by atoms with van der Waals surface area (Å²) in [6.45, 7) is 5.58. The number of benzene rings is 1. The van der Waals surface area contributed by atoms with Crippen molar-refractivity contribution in [3.05, 3.63) is 29.8 Å². The van der Waals surface area contributed by atoms with Crippen LogP contribution in [0.4, 0.5) is 5.69 Å². The van der Waals surface area contributed by atoms with Crippen LogP contribution in [-0.2, 0) is 25.5 Å². The molecular weight excluding hydrogens is 352 g/mol. The van der Waals surface area contributed by atoms with Crippen LogP contribution in [-0.4, -0.2) is 45.5 Å². The highest BCUT2D eigenvalue weighted by atomic mass is 32.2. The monoisotopic (exact) mass is 376 g/mol. The number of amides is 2. The minimum Gasteiger partial charge on any atom is -0.451 e. The fraction of sp³-hybridized carbons (Fsp3) is 0.526. The minimum absolute atomic E-state index is 0.0208. The minimum atomic E-state index is -0.928. The van der Waals surface area contributed by atoms with E-state index in [0.717, 1.165) is 12.8 Å². The number of thioether (sulfide) groups is 1. The van der Waals surface area contributed by atoms with Gasteiger partial charge >= 0.3 is 5.97 Å². The smallest absolute Gasteiger partial charge is 0.330 e. The quantitative estimate of drug-likeness (QED) is 0.800. The number of esters is 1. The molecule has 2 aliphatic heterocycles. The van der Waals surface area contributed by atoms with Gasteiger partial charge in [0.2, 0.25) is 5.91 Å². The molecule has 26 heavy (non-hydrogen) atoms. The lowest BCUT2D eigenvalue weighted by Gasteiger charge is -2.29. The number of anilines is 1. The summed E-state index contributed by atoms with van der Waals surface area (Å²) in [5, 5.41) is 2.75. The summed E-state index contributed by atoms with van der Waals surface area (Å²) >= 11 is 1.60. The molecular formula is C19H24N2O4S. The summed E-state index contributed by atoms with van der Waals surface area (Å²) < 4.78 is 5.36. The number of nitrogens with zero attached hydrogens (tertiary/aromatic N) is 1. The second kappa shape index (κ2) is 7.31. The first-order valence-corrected chi connectivity index (χ1v) is 9.89. The highest BCUT2D eigenvalue weighted by Gasteiger charge is 2.53. The molecule has 3 atom stereocenters. The molecule has 0 unspecified atom stereocenters. The molecule has 2 aliphatic rings. The number of nitrogens with one attached hydrogen (secondary N) is 1. The van der Waals surface area contributed by atoms with Crippen molar-refractivity contribution in [2.75, 3.05) is 11.1 Å². The molecule has 2 amide bonds. The molecule has 0 spiro atoms. The Kier molecular flexibility index (Phi) is 5.27. The van der Waals surface area contributed by atoms with Crippen molar-refractivity contribution in [3.8, 4) is 0 Å². The number of carbonyl (C=O) groups is 3. The Labute approximate surface area is 157 Å². The normalized spacial score (nSPS) is 25.7. The van der Waals surface area contributed by atoms with Gasteiger partial charge in [0.15, 0.2) is 6.10 Å². The van der Waals surface area contributed by atoms with Crippen LogP contribution in [0.3, 0.4) is 0 Å². The van der Waals surface area contributed by atoms with Crippen LogP contribution in [0.1, 0.15) is 39.2 Å². The van der Waals surface area contributed by atoms with E-state index in [-0.39, 0.29) is 16.7 Å². The number of carbonyl (C=O) groups excluding carboxylic acids is 3. The highest BCUT2D eigenvalue weighted by Crippen LogP contribution is 2.47. The first kappa shape index (κ1) is 18.8. The van der Waals surface area contributed by atoms with E-state index < -0.39 is 18.1 Å². The van der Waals surface area contributed by atoms with Gasteiger partial charge in [0, 0.05) is 17.9 Å². The zero-order valence-corrected chi connectivity index (χ0v) is 16.1. The Morgan fingerprint density at radius 1 is 1.38 bits per heavy atom. The van der Waals surface area contributed by atoms with Gasteiger partial charge in [-0.15, -0.1) is 11.8 Å². The van der Waals surface area contributed by atoms with E-state index in [1.165, 1.54) is 5.56 Å². The van der Waals surface area contributed by atoms with E-state index >= 15 is 0 Å². The summed E-state index contributed by atoms with van der Waals surface area (Å²) in [4.78, 5) is 38.2. The van der Waals surface area contributed by atoms with Crippen molar-refractivity contribution >= 4 is 35.2 Å². The SMILES string of the molecule is CCc1ccc(NC(=O)[C@@H](C)OC(=O)[C@H]2CS[C@@]3(C)CCC(=O)N23)cc1. The highest BCUT2D eigenvalue weighted by molar-refractivity contribution is 8.01. The lowest BCUT2D eigenvalue weighted by molar-refractivity contribution is -0.160. The molecule has 2 saturated heterocycles. The van der Waals surface area contributed by atoms with Crippen molar-refractivity contribution in [1.29, 1.82) is 0 Å². The largest absolute Gasteiger partial charge is 0.451 e. The Balaban J connectivity index is 1.58. The van der Waals surface area contributed by atoms with Gasteiger partial charge in [-0.2, -0.15) is 0 Å². The maximum absolute atomic E-state index is 12.5. The number of rotatable bonds is 5. The summed E-state index contributed by atoms with van der Waals surface area (Å²) in [6, 6.07) is 6.93. The molecule has 0 aromatic heterocycles. The van der Waals surface area contributed by atoms with Gasteiger partial charge in [-0.1, -0.05) is 19.1 Å². The van der Waals surface area contributed by atoms with Crippen LogP contribution >= 0.6 is 11.8 Å². The number of aryl methyl sites for hydroxylation is 1. The van der Waals surface area contributed by atoms with Gasteiger partial charge in [-0.25, -0.2) is 4.79 Å². The number of hydrogen-bond acceptors (Lipinski definition) is 5. The average Bonchev–Trinajstić information content (AvgIpc) is 3.11. The van der Waals surface area contributed by atoms with Gasteiger partial charge in [0.25, 0.3) is 5.91 Å². The second-order valence-electron chi connectivity index (χ2n) is 6.88. The predicted molar refractivity (Wildman–Crippen MR) is 101 cm³/mol. The molecule has 0 radical (unpaired) electrons. The van der Waals surface area contributed by atoms with Gasteiger partial charge in [0.05, 0.1) is 4.87 Å². The molecule has 7 heteroatoms. The van der Waals surface area contributed by atoms with Gasteiger partial charge in [-0.05, 0) is 44.4 Å². The molecule has 1 N–H and O–H groups in total. The van der Waals surface area contributed by atoms with Gasteiger partial charge in [0.1, 0.15) is 6.04 Å². The first-order chi connectivity index (χ1) is 12.3. The predicted octanol–water partition coefficient (Wildman–Crippen LogP) is 2.57. The van der Waals surface area contributed by atoms with Crippen molar-refractivity contribution in [3.63, 3.8) is 0 Å². The fourth-order valence-corrected chi connectivity index (χ4v) is 4.79. The van der Waals surface area contributed by atoms with Crippen molar-refractivity contribution in [1.82, 2.24) is 4.90 Å². The molecule has 6 nitrogen and oxygen atoms in total. The van der Waals surface area contributed by atoms with E-state index in [9.17, 15) is 14.4 Å². The Hall–Kier alpha value is -2.02. The summed E-state index contributed by atoms with van der Waals surface area (Å²) in [5.74, 6) is -0.412. The molecule has 0 saturated carbocycles. The van der Waals surface area contributed by atoms with Crippen molar-refractivity contribution in [2.24, 2.45) is 0 Å². The van der Waals surface area contributed by atoms with Crippen LogP contribution in [0.5, 0.6) is 0 Å². The lowest BCUT2D eigenvalue weighted by atomic mass is 10.1. The van der Waals surface area contributed by atoms with Gasteiger partial charge in [-0.3, -0.25) is 9.59 Å². The van der Waals surface area contributed by atoms with E-state index in [1.54, 1.807) is 23.6 Å². The van der Waals surface area contributed by atoms with Gasteiger partial charge < -0.3 is 15.0 Å². The Morgan fingerprint density at radius 3 is 2.73 bits per heavy atom. The maximum atomic E-state index is 12.5. The molecule has 3 rings (SSSR count). The molecule has 2 heterocycles. The average molecular weight is 376 g/mol. The van der Waals surface area contributed by atoms with E-state index in [0.29, 0.717) is 17.9 Å². The first-order valence-electron chi connectivity index (χ1n) is 8.90. The van der Waals surface area contributed by atoms with E-state index in [2.05, 4.69) is 12.2 Å². The maximum Gasteiger partial charge on any atom is 0.330 e. The molecule has 1 aromatic carbocycles. The van der Waals surface area contributed by atoms with Crippen LogP contribution in [0.15, 0.2) is 24.3 Å². The van der Waals surface area contributed by atoms with E-state index in [1.807, 2.05) is 31.2 Å². The number of ether oxygens (including phenoxy) is 1. The standard InChI is InChI=1S/C19H24N2O4S/c1-4-13-5-7-14(8-6-13)20-17(23)12(2)25-18(24)15-11-26-19(3)10-9-16(22)21(15)19/h5-8,12,15H,4,9-11H2,1-3H3,(H,20,23)/t12-,15-,19+/m1/s1. The van der Waals surface area contributed by atoms with Crippen molar-refractivity contribution < 1.29 is 19.1 Å². The second-order valence-corrected chi connectivity index (χ2v) is 8.39. The summed E-state index contributed by atoms with van der Waals surface area (Å²) in [5.41, 5.74) is 1.84. The third-order valence-electron chi connectivity index (χ3n) is 5.01. The fourth-order valence-electron chi connectivity index (χ4n) is 3.37. The van der Waals surface area contributed by atoms with Crippen molar-refractivity contribution in [2.45, 2.75) is 57.1 Å². The molecule has 0 bridgehead atoms. The Morgan fingerprint density at radius 2 is 2.08 bits per heavy atom. The molecule has 140 valence electrons. The molecule has 1 aromatic rings. The zero-order valence-electron chi connectivity index (χ0n) is 15.3. The topological polar surface area (TPSA) is 75.7 Å². The number of hydrogen-bond donors (Lipinski definition) is 1. The van der Waals surface area contributed by atoms with Crippen LogP contribution in [0.25, 0.3) is 0 Å². The Bertz CT molecular complexity index is 721. The summed E-state index contributed by atoms with van der Waals surface area (Å²) in [6.07, 6.45) is 1.19. The summed E-state index contributed by atoms with van der Waals surface area (Å²) in [7, 11) is 0. The third-order valence-corrected chi connectivity index (χ3v) is 6.51. The number of fused-ring (bicyclic) bond motifs is 1. The van der Waals surface area contributed by atoms with Crippen LogP contribution < -0.4 is 5.32 Å².